The van der Waals surface area contributed by atoms with Crippen molar-refractivity contribution in [2.45, 2.75) is 6.61 Å². The molecule has 2 rings (SSSR count). The van der Waals surface area contributed by atoms with Crippen LogP contribution in [0.15, 0.2) is 42.5 Å². The van der Waals surface area contributed by atoms with Crippen LogP contribution < -0.4 is 0 Å². The molecular formula is C12H10OS. The number of hydrogen-bond acceptors (Lipinski definition) is 2. The number of fused-ring (bicyclic) bond motifs is 1. The minimum Gasteiger partial charge on any atom is -0.485 e. The lowest BCUT2D eigenvalue weighted by Gasteiger charge is -2.04. The fraction of sp³-hybridized carbons (Fsp3) is 0.0833. The second kappa shape index (κ2) is 4.20. The van der Waals surface area contributed by atoms with Crippen LogP contribution >= 0.6 is 12.2 Å². The molecule has 0 aromatic heterocycles. The van der Waals surface area contributed by atoms with Crippen molar-refractivity contribution in [3.8, 4) is 0 Å². The Hall–Kier alpha value is -1.41. The summed E-state index contributed by atoms with van der Waals surface area (Å²) < 4.78 is 5.12. The van der Waals surface area contributed by atoms with E-state index < -0.39 is 0 Å². The molecule has 0 fully saturated rings. The maximum Gasteiger partial charge on any atom is 0.146 e. The van der Waals surface area contributed by atoms with Gasteiger partial charge in [-0.1, -0.05) is 42.5 Å². The van der Waals surface area contributed by atoms with Crippen LogP contribution in [-0.2, 0) is 11.3 Å². The van der Waals surface area contributed by atoms with E-state index in [-0.39, 0.29) is 0 Å². The molecule has 0 aliphatic rings. The van der Waals surface area contributed by atoms with E-state index in [1.165, 1.54) is 21.9 Å². The SMILES string of the molecule is S=COCc1cccc2ccccc12. The van der Waals surface area contributed by atoms with Crippen molar-refractivity contribution in [1.82, 2.24) is 0 Å². The zero-order chi connectivity index (χ0) is 9.80. The van der Waals surface area contributed by atoms with Crippen molar-refractivity contribution in [3.05, 3.63) is 48.0 Å². The normalized spacial score (nSPS) is 10.0. The molecule has 0 aliphatic carbocycles. The molecule has 0 aliphatic heterocycles. The summed E-state index contributed by atoms with van der Waals surface area (Å²) in [4.78, 5) is 0. The summed E-state index contributed by atoms with van der Waals surface area (Å²) in [6.07, 6.45) is 0. The molecule has 1 nitrogen and oxygen atoms in total. The van der Waals surface area contributed by atoms with Crippen molar-refractivity contribution in [1.29, 1.82) is 0 Å². The van der Waals surface area contributed by atoms with Crippen LogP contribution in [0.5, 0.6) is 0 Å². The highest BCUT2D eigenvalue weighted by Gasteiger charge is 1.98. The van der Waals surface area contributed by atoms with Gasteiger partial charge in [-0.25, -0.2) is 0 Å². The lowest BCUT2D eigenvalue weighted by atomic mass is 10.1. The molecule has 0 unspecified atom stereocenters. The fourth-order valence-corrected chi connectivity index (χ4v) is 1.61. The van der Waals surface area contributed by atoms with Crippen molar-refractivity contribution in [2.75, 3.05) is 0 Å². The molecule has 0 N–H and O–H groups in total. The van der Waals surface area contributed by atoms with E-state index in [0.717, 1.165) is 0 Å². The molecular weight excluding hydrogens is 192 g/mol. The second-order valence-corrected chi connectivity index (χ2v) is 3.24. The van der Waals surface area contributed by atoms with Gasteiger partial charge in [0.2, 0.25) is 0 Å². The van der Waals surface area contributed by atoms with Crippen molar-refractivity contribution >= 4 is 28.5 Å². The predicted octanol–water partition coefficient (Wildman–Crippen LogP) is 3.31. The van der Waals surface area contributed by atoms with E-state index in [4.69, 9.17) is 4.74 Å². The molecule has 14 heavy (non-hydrogen) atoms. The molecule has 2 aromatic rings. The molecule has 0 atom stereocenters. The Bertz CT molecular complexity index is 446. The molecule has 0 radical (unpaired) electrons. The van der Waals surface area contributed by atoms with Gasteiger partial charge in [0.1, 0.15) is 12.2 Å². The van der Waals surface area contributed by atoms with Crippen LogP contribution in [0, 0.1) is 0 Å². The summed E-state index contributed by atoms with van der Waals surface area (Å²) >= 11 is 4.63. The van der Waals surface area contributed by atoms with Crippen molar-refractivity contribution in [3.63, 3.8) is 0 Å². The van der Waals surface area contributed by atoms with Gasteiger partial charge in [-0.3, -0.25) is 0 Å². The van der Waals surface area contributed by atoms with Gasteiger partial charge in [0.15, 0.2) is 0 Å². The van der Waals surface area contributed by atoms with Crippen LogP contribution in [0.3, 0.4) is 0 Å². The van der Waals surface area contributed by atoms with Gasteiger partial charge in [0.25, 0.3) is 0 Å². The van der Waals surface area contributed by atoms with Gasteiger partial charge in [-0.2, -0.15) is 0 Å². The van der Waals surface area contributed by atoms with Gasteiger partial charge in [-0.05, 0) is 28.6 Å². The monoisotopic (exact) mass is 202 g/mol. The highest BCUT2D eigenvalue weighted by molar-refractivity contribution is 7.78. The maximum absolute atomic E-state index is 5.12. The van der Waals surface area contributed by atoms with Gasteiger partial charge >= 0.3 is 0 Å². The molecule has 2 aromatic carbocycles. The Morgan fingerprint density at radius 2 is 1.86 bits per heavy atom. The number of rotatable bonds is 3. The third-order valence-corrected chi connectivity index (χ3v) is 2.32. The zero-order valence-corrected chi connectivity index (χ0v) is 8.46. The third-order valence-electron chi connectivity index (χ3n) is 2.19. The first-order valence-corrected chi connectivity index (χ1v) is 4.91. The highest BCUT2D eigenvalue weighted by Crippen LogP contribution is 2.18. The third kappa shape index (κ3) is 1.75. The van der Waals surface area contributed by atoms with E-state index in [0.29, 0.717) is 6.61 Å². The molecule has 0 bridgehead atoms. The predicted molar refractivity (Wildman–Crippen MR) is 62.4 cm³/mol. The van der Waals surface area contributed by atoms with E-state index in [1.54, 1.807) is 0 Å². The van der Waals surface area contributed by atoms with E-state index >= 15 is 0 Å². The summed E-state index contributed by atoms with van der Waals surface area (Å²) in [5.41, 5.74) is 2.48. The molecule has 0 heterocycles. The number of hydrogen-bond donors (Lipinski definition) is 0. The number of ether oxygens (including phenoxy) is 1. The average Bonchev–Trinajstić information content (AvgIpc) is 2.26. The molecule has 0 spiro atoms. The van der Waals surface area contributed by atoms with Crippen LogP contribution in [0.25, 0.3) is 10.8 Å². The van der Waals surface area contributed by atoms with Crippen LogP contribution in [-0.4, -0.2) is 5.55 Å². The molecule has 0 amide bonds. The van der Waals surface area contributed by atoms with Crippen LogP contribution in [0.4, 0.5) is 0 Å². The molecule has 0 saturated carbocycles. The van der Waals surface area contributed by atoms with Crippen LogP contribution in [0.1, 0.15) is 5.56 Å². The van der Waals surface area contributed by atoms with Crippen molar-refractivity contribution in [2.24, 2.45) is 0 Å². The van der Waals surface area contributed by atoms with Gasteiger partial charge in [0.05, 0.1) is 0 Å². The second-order valence-electron chi connectivity index (χ2n) is 3.05. The molecule has 2 heteroatoms. The first kappa shape index (κ1) is 9.16. The lowest BCUT2D eigenvalue weighted by molar-refractivity contribution is 0.317. The Morgan fingerprint density at radius 3 is 2.71 bits per heavy atom. The fourth-order valence-electron chi connectivity index (χ4n) is 1.54. The largest absolute Gasteiger partial charge is 0.485 e. The highest BCUT2D eigenvalue weighted by atomic mass is 32.1. The van der Waals surface area contributed by atoms with Crippen LogP contribution in [0.2, 0.25) is 0 Å². The number of thiocarbonyl (C=S) groups is 1. The Kier molecular flexibility index (Phi) is 2.75. The smallest absolute Gasteiger partial charge is 0.146 e. The summed E-state index contributed by atoms with van der Waals surface area (Å²) in [6.45, 7) is 0.546. The molecule has 0 saturated heterocycles. The summed E-state index contributed by atoms with van der Waals surface area (Å²) in [6, 6.07) is 14.4. The summed E-state index contributed by atoms with van der Waals surface area (Å²) in [7, 11) is 0. The zero-order valence-electron chi connectivity index (χ0n) is 7.64. The Labute approximate surface area is 88.3 Å². The first-order chi connectivity index (χ1) is 6.92. The van der Waals surface area contributed by atoms with E-state index in [1.807, 2.05) is 18.2 Å². The molecule has 70 valence electrons. The number of benzene rings is 2. The Balaban J connectivity index is 2.48. The van der Waals surface area contributed by atoms with Gasteiger partial charge in [0, 0.05) is 0 Å². The summed E-state index contributed by atoms with van der Waals surface area (Å²) in [5.74, 6) is 0. The van der Waals surface area contributed by atoms with E-state index in [9.17, 15) is 0 Å². The quantitative estimate of drug-likeness (QED) is 0.706. The van der Waals surface area contributed by atoms with Crippen molar-refractivity contribution < 1.29 is 4.74 Å². The summed E-state index contributed by atoms with van der Waals surface area (Å²) in [5, 5.41) is 2.46. The lowest BCUT2D eigenvalue weighted by Crippen LogP contribution is -1.90. The average molecular weight is 202 g/mol. The van der Waals surface area contributed by atoms with Gasteiger partial charge < -0.3 is 4.74 Å². The standard InChI is InChI=1S/C12H10OS/c14-9-13-8-11-6-3-5-10-4-1-2-7-12(10)11/h1-7,9H,8H2. The topological polar surface area (TPSA) is 9.23 Å². The maximum atomic E-state index is 5.12. The minimum atomic E-state index is 0.546. The van der Waals surface area contributed by atoms with E-state index in [2.05, 4.69) is 36.5 Å². The minimum absolute atomic E-state index is 0.546. The first-order valence-electron chi connectivity index (χ1n) is 4.44. The Morgan fingerprint density at radius 1 is 1.07 bits per heavy atom. The van der Waals surface area contributed by atoms with Gasteiger partial charge in [-0.15, -0.1) is 0 Å².